The molecular formula is C21H25NO4. The maximum Gasteiger partial charge on any atom is 0.303 e. The third-order valence-electron chi connectivity index (χ3n) is 4.29. The highest BCUT2D eigenvalue weighted by atomic mass is 16.5. The molecule has 0 spiro atoms. The number of carbonyl (C=O) groups excluding carboxylic acids is 1. The van der Waals surface area contributed by atoms with Crippen LogP contribution in [0.15, 0.2) is 48.5 Å². The standard InChI is InChI=1S/C21H25NO4/c1-3-15(2)18-6-4-5-7-19(18)26-14-20(23)22-17-11-8-16(9-12-17)10-13-21(24)25/h4-9,11-12,15H,3,10,13-14H2,1-2H3,(H,22,23)(H,24,25). The summed E-state index contributed by atoms with van der Waals surface area (Å²) in [6, 6.07) is 14.9. The molecular weight excluding hydrogens is 330 g/mol. The Morgan fingerprint density at radius 3 is 2.46 bits per heavy atom. The first-order valence-corrected chi connectivity index (χ1v) is 8.82. The molecule has 0 aliphatic rings. The van der Waals surface area contributed by atoms with Crippen LogP contribution in [-0.4, -0.2) is 23.6 Å². The highest BCUT2D eigenvalue weighted by Crippen LogP contribution is 2.28. The van der Waals surface area contributed by atoms with Gasteiger partial charge >= 0.3 is 5.97 Å². The number of aryl methyl sites for hydroxylation is 1. The molecule has 26 heavy (non-hydrogen) atoms. The lowest BCUT2D eigenvalue weighted by Crippen LogP contribution is -2.20. The van der Waals surface area contributed by atoms with Crippen LogP contribution in [0, 0.1) is 0 Å². The average molecular weight is 355 g/mol. The zero-order chi connectivity index (χ0) is 18.9. The van der Waals surface area contributed by atoms with Crippen LogP contribution in [0.2, 0.25) is 0 Å². The molecule has 0 heterocycles. The highest BCUT2D eigenvalue weighted by molar-refractivity contribution is 5.91. The number of carboxylic acids is 1. The number of benzene rings is 2. The zero-order valence-electron chi connectivity index (χ0n) is 15.2. The molecule has 1 amide bonds. The number of anilines is 1. The van der Waals surface area contributed by atoms with Crippen molar-refractivity contribution in [2.45, 2.75) is 39.0 Å². The van der Waals surface area contributed by atoms with Crippen LogP contribution in [0.4, 0.5) is 5.69 Å². The summed E-state index contributed by atoms with van der Waals surface area (Å²) in [5.74, 6) is 0.0491. The van der Waals surface area contributed by atoms with Gasteiger partial charge in [-0.3, -0.25) is 9.59 Å². The smallest absolute Gasteiger partial charge is 0.303 e. The second-order valence-electron chi connectivity index (χ2n) is 6.27. The summed E-state index contributed by atoms with van der Waals surface area (Å²) in [6.45, 7) is 4.19. The minimum absolute atomic E-state index is 0.0613. The van der Waals surface area contributed by atoms with Crippen LogP contribution >= 0.6 is 0 Å². The van der Waals surface area contributed by atoms with Gasteiger partial charge in [-0.05, 0) is 48.1 Å². The molecule has 5 heteroatoms. The molecule has 0 aliphatic carbocycles. The van der Waals surface area contributed by atoms with Crippen LogP contribution in [0.5, 0.6) is 5.75 Å². The lowest BCUT2D eigenvalue weighted by Gasteiger charge is -2.15. The Hall–Kier alpha value is -2.82. The molecule has 0 saturated carbocycles. The molecule has 5 nitrogen and oxygen atoms in total. The predicted molar refractivity (Wildman–Crippen MR) is 102 cm³/mol. The van der Waals surface area contributed by atoms with Gasteiger partial charge in [0, 0.05) is 12.1 Å². The van der Waals surface area contributed by atoms with E-state index in [1.165, 1.54) is 0 Å². The van der Waals surface area contributed by atoms with Gasteiger partial charge in [-0.25, -0.2) is 0 Å². The third kappa shape index (κ3) is 5.92. The predicted octanol–water partition coefficient (Wildman–Crippen LogP) is 4.23. The summed E-state index contributed by atoms with van der Waals surface area (Å²) in [5, 5.41) is 11.5. The number of amides is 1. The van der Waals surface area contributed by atoms with Crippen molar-refractivity contribution in [1.29, 1.82) is 0 Å². The van der Waals surface area contributed by atoms with E-state index in [1.54, 1.807) is 12.1 Å². The SMILES string of the molecule is CCC(C)c1ccccc1OCC(=O)Nc1ccc(CCC(=O)O)cc1. The summed E-state index contributed by atoms with van der Waals surface area (Å²) in [6.07, 6.45) is 1.56. The minimum atomic E-state index is -0.822. The van der Waals surface area contributed by atoms with Gasteiger partial charge in [0.05, 0.1) is 0 Å². The van der Waals surface area contributed by atoms with Gasteiger partial charge < -0.3 is 15.2 Å². The Morgan fingerprint density at radius 2 is 1.81 bits per heavy atom. The van der Waals surface area contributed by atoms with Gasteiger partial charge in [-0.15, -0.1) is 0 Å². The first-order chi connectivity index (χ1) is 12.5. The van der Waals surface area contributed by atoms with E-state index < -0.39 is 5.97 Å². The molecule has 2 rings (SSSR count). The largest absolute Gasteiger partial charge is 0.483 e. The van der Waals surface area contributed by atoms with Crippen LogP contribution in [0.3, 0.4) is 0 Å². The molecule has 2 aromatic carbocycles. The van der Waals surface area contributed by atoms with Gasteiger partial charge in [0.25, 0.3) is 5.91 Å². The average Bonchev–Trinajstić information content (AvgIpc) is 2.65. The zero-order valence-corrected chi connectivity index (χ0v) is 15.2. The van der Waals surface area contributed by atoms with Gasteiger partial charge in [0.1, 0.15) is 5.75 Å². The fourth-order valence-electron chi connectivity index (χ4n) is 2.59. The maximum absolute atomic E-state index is 12.1. The molecule has 0 radical (unpaired) electrons. The van der Waals surface area contributed by atoms with Gasteiger partial charge in [0.15, 0.2) is 6.61 Å². The Kier molecular flexibility index (Phi) is 7.21. The van der Waals surface area contributed by atoms with Crippen LogP contribution in [0.1, 0.15) is 43.7 Å². The van der Waals surface area contributed by atoms with Crippen molar-refractivity contribution in [3.63, 3.8) is 0 Å². The van der Waals surface area contributed by atoms with Crippen molar-refractivity contribution in [1.82, 2.24) is 0 Å². The normalized spacial score (nSPS) is 11.6. The minimum Gasteiger partial charge on any atom is -0.483 e. The van der Waals surface area contributed by atoms with E-state index in [1.807, 2.05) is 36.4 Å². The topological polar surface area (TPSA) is 75.6 Å². The summed E-state index contributed by atoms with van der Waals surface area (Å²) in [4.78, 5) is 22.7. The van der Waals surface area contributed by atoms with Crippen LogP contribution in [-0.2, 0) is 16.0 Å². The fourth-order valence-corrected chi connectivity index (χ4v) is 2.59. The Bertz CT molecular complexity index is 740. The second kappa shape index (κ2) is 9.61. The van der Waals surface area contributed by atoms with E-state index in [0.717, 1.165) is 23.3 Å². The Balaban J connectivity index is 1.88. The summed E-state index contributed by atoms with van der Waals surface area (Å²) >= 11 is 0. The first-order valence-electron chi connectivity index (χ1n) is 8.82. The number of hydrogen-bond acceptors (Lipinski definition) is 3. The number of nitrogens with one attached hydrogen (secondary N) is 1. The number of carboxylic acid groups (broad SMARTS) is 1. The van der Waals surface area contributed by atoms with Crippen molar-refractivity contribution >= 4 is 17.6 Å². The molecule has 1 atom stereocenters. The third-order valence-corrected chi connectivity index (χ3v) is 4.29. The molecule has 2 N–H and O–H groups in total. The summed E-state index contributed by atoms with van der Waals surface area (Å²) < 4.78 is 5.71. The van der Waals surface area contributed by atoms with E-state index in [4.69, 9.17) is 9.84 Å². The summed E-state index contributed by atoms with van der Waals surface area (Å²) in [5.41, 5.74) is 2.68. The van der Waals surface area contributed by atoms with Crippen molar-refractivity contribution in [2.24, 2.45) is 0 Å². The lowest BCUT2D eigenvalue weighted by atomic mass is 9.98. The van der Waals surface area contributed by atoms with Gasteiger partial charge in [-0.2, -0.15) is 0 Å². The van der Waals surface area contributed by atoms with E-state index in [0.29, 0.717) is 18.0 Å². The van der Waals surface area contributed by atoms with E-state index in [2.05, 4.69) is 19.2 Å². The number of hydrogen-bond donors (Lipinski definition) is 2. The molecule has 0 aliphatic heterocycles. The Morgan fingerprint density at radius 1 is 1.12 bits per heavy atom. The molecule has 2 aromatic rings. The van der Waals surface area contributed by atoms with Gasteiger partial charge in [0.2, 0.25) is 0 Å². The number of ether oxygens (including phenoxy) is 1. The fraction of sp³-hybridized carbons (Fsp3) is 0.333. The van der Waals surface area contributed by atoms with Crippen LogP contribution in [0.25, 0.3) is 0 Å². The molecule has 0 saturated heterocycles. The van der Waals surface area contributed by atoms with E-state index in [9.17, 15) is 9.59 Å². The molecule has 138 valence electrons. The molecule has 0 aromatic heterocycles. The quantitative estimate of drug-likeness (QED) is 0.706. The first kappa shape index (κ1) is 19.5. The van der Waals surface area contributed by atoms with Crippen molar-refractivity contribution < 1.29 is 19.4 Å². The van der Waals surface area contributed by atoms with Crippen LogP contribution < -0.4 is 10.1 Å². The van der Waals surface area contributed by atoms with Crippen molar-refractivity contribution in [2.75, 3.05) is 11.9 Å². The monoisotopic (exact) mass is 355 g/mol. The molecule has 0 fully saturated rings. The van der Waals surface area contributed by atoms with E-state index >= 15 is 0 Å². The Labute approximate surface area is 154 Å². The maximum atomic E-state index is 12.1. The molecule has 1 unspecified atom stereocenters. The number of rotatable bonds is 9. The van der Waals surface area contributed by atoms with Crippen molar-refractivity contribution in [3.8, 4) is 5.75 Å². The van der Waals surface area contributed by atoms with Crippen molar-refractivity contribution in [3.05, 3.63) is 59.7 Å². The van der Waals surface area contributed by atoms with Gasteiger partial charge in [-0.1, -0.05) is 44.2 Å². The summed E-state index contributed by atoms with van der Waals surface area (Å²) in [7, 11) is 0. The second-order valence-corrected chi connectivity index (χ2v) is 6.27. The van der Waals surface area contributed by atoms with E-state index in [-0.39, 0.29) is 18.9 Å². The number of para-hydroxylation sites is 1. The highest BCUT2D eigenvalue weighted by Gasteiger charge is 2.11. The lowest BCUT2D eigenvalue weighted by molar-refractivity contribution is -0.137. The number of aliphatic carboxylic acids is 1. The molecule has 0 bridgehead atoms. The number of carbonyl (C=O) groups is 2.